The first kappa shape index (κ1) is 24.8. The van der Waals surface area contributed by atoms with Gasteiger partial charge in [-0.05, 0) is 79.3 Å². The summed E-state index contributed by atoms with van der Waals surface area (Å²) in [4.78, 5) is 0. The summed E-state index contributed by atoms with van der Waals surface area (Å²) in [6.45, 7) is 13.7. The maximum atomic E-state index is 6.27. The molecule has 1 N–H and O–H groups in total. The van der Waals surface area contributed by atoms with Crippen LogP contribution in [0.15, 0.2) is 42.5 Å². The Kier molecular flexibility index (Phi) is 7.73. The number of aromatic amines is 1. The van der Waals surface area contributed by atoms with Crippen LogP contribution in [0, 0.1) is 12.3 Å². The van der Waals surface area contributed by atoms with Gasteiger partial charge < -0.3 is 14.0 Å². The number of aromatic nitrogens is 5. The van der Waals surface area contributed by atoms with Gasteiger partial charge in [0.15, 0.2) is 0 Å². The maximum Gasteiger partial charge on any atom is 0.204 e. The monoisotopic (exact) mass is 475 g/mol. The zero-order valence-electron chi connectivity index (χ0n) is 21.6. The molecule has 0 saturated carbocycles. The minimum Gasteiger partial charge on any atom is -0.494 e. The number of fused-ring (bicyclic) bond motifs is 1. The molecule has 2 heterocycles. The number of benzene rings is 2. The molecule has 0 aliphatic rings. The van der Waals surface area contributed by atoms with Crippen molar-refractivity contribution < 1.29 is 9.47 Å². The second kappa shape index (κ2) is 10.9. The van der Waals surface area contributed by atoms with Crippen molar-refractivity contribution in [2.75, 3.05) is 13.2 Å². The minimum atomic E-state index is 0.231. The first-order chi connectivity index (χ1) is 16.9. The average molecular weight is 476 g/mol. The molecule has 4 rings (SSSR count). The van der Waals surface area contributed by atoms with Crippen LogP contribution in [-0.4, -0.2) is 38.4 Å². The van der Waals surface area contributed by atoms with Crippen LogP contribution >= 0.6 is 0 Å². The first-order valence-corrected chi connectivity index (χ1v) is 12.6. The van der Waals surface area contributed by atoms with Gasteiger partial charge in [-0.2, -0.15) is 5.21 Å². The third kappa shape index (κ3) is 6.21. The zero-order chi connectivity index (χ0) is 24.8. The van der Waals surface area contributed by atoms with Crippen molar-refractivity contribution in [3.63, 3.8) is 0 Å². The van der Waals surface area contributed by atoms with E-state index in [9.17, 15) is 0 Å². The average Bonchev–Trinajstić information content (AvgIpc) is 3.46. The summed E-state index contributed by atoms with van der Waals surface area (Å²) in [6.07, 6.45) is 3.99. The number of nitrogens with zero attached hydrogens (tertiary/aromatic N) is 4. The van der Waals surface area contributed by atoms with Crippen LogP contribution in [0.2, 0.25) is 0 Å². The molecule has 0 bridgehead atoms. The van der Waals surface area contributed by atoms with Crippen molar-refractivity contribution in [2.24, 2.45) is 5.41 Å². The summed E-state index contributed by atoms with van der Waals surface area (Å²) in [5.41, 5.74) is 5.09. The van der Waals surface area contributed by atoms with E-state index in [1.54, 1.807) is 0 Å². The molecule has 0 aliphatic heterocycles. The van der Waals surface area contributed by atoms with E-state index in [0.717, 1.165) is 49.3 Å². The Balaban J connectivity index is 1.31. The van der Waals surface area contributed by atoms with E-state index in [-0.39, 0.29) is 5.41 Å². The van der Waals surface area contributed by atoms with Crippen LogP contribution in [0.4, 0.5) is 0 Å². The van der Waals surface area contributed by atoms with Gasteiger partial charge >= 0.3 is 0 Å². The number of ether oxygens (including phenoxy) is 2. The number of nitrogens with one attached hydrogen (secondary N) is 1. The van der Waals surface area contributed by atoms with Crippen molar-refractivity contribution in [2.45, 2.75) is 66.8 Å². The summed E-state index contributed by atoms with van der Waals surface area (Å²) in [5, 5.41) is 15.4. The summed E-state index contributed by atoms with van der Waals surface area (Å²) >= 11 is 0. The van der Waals surface area contributed by atoms with Gasteiger partial charge in [-0.3, -0.25) is 0 Å². The SMILES string of the molecule is CCCc1c(OCCCCOc2ccc(-c3nn[nH]n3)cc2)ccc2c1cc(C)n2CC(C)(C)C. The van der Waals surface area contributed by atoms with Gasteiger partial charge in [0, 0.05) is 34.3 Å². The van der Waals surface area contributed by atoms with Gasteiger partial charge in [0.25, 0.3) is 0 Å². The fourth-order valence-electron chi connectivity index (χ4n) is 4.39. The van der Waals surface area contributed by atoms with E-state index < -0.39 is 0 Å². The standard InChI is InChI=1S/C28H37N5O2/c1-6-9-23-24-18-20(2)33(19-28(3,4)5)25(24)14-15-26(23)35-17-8-7-16-34-22-12-10-21(11-13-22)27-29-31-32-30-27/h10-15,18H,6-9,16-17,19H2,1-5H3,(H,29,30,31,32). The Bertz CT molecular complexity index is 1220. The molecule has 35 heavy (non-hydrogen) atoms. The Morgan fingerprint density at radius 2 is 1.71 bits per heavy atom. The highest BCUT2D eigenvalue weighted by Gasteiger charge is 2.18. The molecule has 2 aromatic heterocycles. The first-order valence-electron chi connectivity index (χ1n) is 12.6. The lowest BCUT2D eigenvalue weighted by atomic mass is 9.96. The predicted molar refractivity (Wildman–Crippen MR) is 140 cm³/mol. The lowest BCUT2D eigenvalue weighted by molar-refractivity contribution is 0.265. The maximum absolute atomic E-state index is 6.27. The Labute approximate surface area is 207 Å². The normalized spacial score (nSPS) is 11.8. The smallest absolute Gasteiger partial charge is 0.204 e. The number of H-pyrrole nitrogens is 1. The highest BCUT2D eigenvalue weighted by molar-refractivity contribution is 5.87. The molecule has 186 valence electrons. The highest BCUT2D eigenvalue weighted by atomic mass is 16.5. The van der Waals surface area contributed by atoms with Gasteiger partial charge in [-0.25, -0.2) is 0 Å². The van der Waals surface area contributed by atoms with Crippen LogP contribution in [-0.2, 0) is 13.0 Å². The second-order valence-electron chi connectivity index (χ2n) is 10.3. The fraction of sp³-hybridized carbons (Fsp3) is 0.464. The number of rotatable bonds is 11. The molecular weight excluding hydrogens is 438 g/mol. The minimum absolute atomic E-state index is 0.231. The van der Waals surface area contributed by atoms with Crippen LogP contribution in [0.5, 0.6) is 11.5 Å². The second-order valence-corrected chi connectivity index (χ2v) is 10.3. The van der Waals surface area contributed by atoms with Gasteiger partial charge in [0.2, 0.25) is 5.82 Å². The van der Waals surface area contributed by atoms with Crippen molar-refractivity contribution in [1.82, 2.24) is 25.2 Å². The summed E-state index contributed by atoms with van der Waals surface area (Å²) in [5.74, 6) is 2.43. The molecule has 7 nitrogen and oxygen atoms in total. The molecule has 0 spiro atoms. The Morgan fingerprint density at radius 1 is 0.971 bits per heavy atom. The van der Waals surface area contributed by atoms with Crippen molar-refractivity contribution >= 4 is 10.9 Å². The number of unbranched alkanes of at least 4 members (excludes halogenated alkanes) is 1. The van der Waals surface area contributed by atoms with Gasteiger partial charge in [-0.15, -0.1) is 10.2 Å². The van der Waals surface area contributed by atoms with Gasteiger partial charge in [0.1, 0.15) is 11.5 Å². The lowest BCUT2D eigenvalue weighted by Gasteiger charge is -2.21. The largest absolute Gasteiger partial charge is 0.494 e. The lowest BCUT2D eigenvalue weighted by Crippen LogP contribution is -2.16. The zero-order valence-corrected chi connectivity index (χ0v) is 21.6. The number of hydrogen-bond acceptors (Lipinski definition) is 5. The summed E-state index contributed by atoms with van der Waals surface area (Å²) in [6, 6.07) is 14.5. The van der Waals surface area contributed by atoms with E-state index in [2.05, 4.69) is 78.0 Å². The van der Waals surface area contributed by atoms with Crippen LogP contribution in [0.1, 0.15) is 58.2 Å². The van der Waals surface area contributed by atoms with Crippen molar-refractivity contribution in [3.8, 4) is 22.9 Å². The summed E-state index contributed by atoms with van der Waals surface area (Å²) < 4.78 is 14.6. The molecule has 0 saturated heterocycles. The fourth-order valence-corrected chi connectivity index (χ4v) is 4.39. The Hall–Kier alpha value is -3.35. The van der Waals surface area contributed by atoms with Crippen LogP contribution in [0.25, 0.3) is 22.3 Å². The molecule has 2 aromatic carbocycles. The molecule has 7 heteroatoms. The van der Waals surface area contributed by atoms with Crippen LogP contribution < -0.4 is 9.47 Å². The highest BCUT2D eigenvalue weighted by Crippen LogP contribution is 2.33. The number of aryl methyl sites for hydroxylation is 2. The van der Waals surface area contributed by atoms with E-state index in [1.807, 2.05) is 24.3 Å². The molecule has 0 fully saturated rings. The molecular formula is C28H37N5O2. The third-order valence-electron chi connectivity index (χ3n) is 6.02. The molecule has 0 atom stereocenters. The van der Waals surface area contributed by atoms with Crippen LogP contribution in [0.3, 0.4) is 0 Å². The molecule has 0 unspecified atom stereocenters. The molecule has 4 aromatic rings. The van der Waals surface area contributed by atoms with Crippen molar-refractivity contribution in [1.29, 1.82) is 0 Å². The Morgan fingerprint density at radius 3 is 2.37 bits per heavy atom. The van der Waals surface area contributed by atoms with Gasteiger partial charge in [-0.1, -0.05) is 34.1 Å². The predicted octanol–water partition coefficient (Wildman–Crippen LogP) is 6.37. The van der Waals surface area contributed by atoms with Crippen molar-refractivity contribution in [3.05, 3.63) is 53.7 Å². The quantitative estimate of drug-likeness (QED) is 0.255. The van der Waals surface area contributed by atoms with E-state index in [4.69, 9.17) is 9.47 Å². The van der Waals surface area contributed by atoms with E-state index >= 15 is 0 Å². The molecule has 0 radical (unpaired) electrons. The van der Waals surface area contributed by atoms with E-state index in [0.29, 0.717) is 19.0 Å². The molecule has 0 amide bonds. The topological polar surface area (TPSA) is 77.8 Å². The van der Waals surface area contributed by atoms with Gasteiger partial charge in [0.05, 0.1) is 13.2 Å². The molecule has 0 aliphatic carbocycles. The number of hydrogen-bond donors (Lipinski definition) is 1. The number of tetrazole rings is 1. The third-order valence-corrected chi connectivity index (χ3v) is 6.02. The van der Waals surface area contributed by atoms with E-state index in [1.165, 1.54) is 22.2 Å². The summed E-state index contributed by atoms with van der Waals surface area (Å²) in [7, 11) is 0.